The molecule has 2 aromatic rings. The zero-order chi connectivity index (χ0) is 11.5. The first-order valence-electron chi connectivity index (χ1n) is 4.36. The second-order valence-corrected chi connectivity index (χ2v) is 3.00. The number of hydrogen-bond donors (Lipinski definition) is 0. The highest BCUT2D eigenvalue weighted by atomic mass is 16.6. The van der Waals surface area contributed by atoms with Gasteiger partial charge in [-0.3, -0.25) is 14.9 Å². The van der Waals surface area contributed by atoms with Crippen LogP contribution < -0.4 is 0 Å². The number of nitro groups is 1. The van der Waals surface area contributed by atoms with E-state index in [0.717, 1.165) is 0 Å². The lowest BCUT2D eigenvalue weighted by Gasteiger charge is -1.94. The molecule has 0 aliphatic rings. The van der Waals surface area contributed by atoms with Crippen LogP contribution in [0.1, 0.15) is 10.5 Å². The minimum absolute atomic E-state index is 0.00841. The molecule has 0 spiro atoms. The van der Waals surface area contributed by atoms with Gasteiger partial charge in [-0.1, -0.05) is 0 Å². The van der Waals surface area contributed by atoms with Crippen LogP contribution in [0.25, 0.3) is 11.5 Å². The molecular weight excluding hydrogens is 212 g/mol. The molecule has 80 valence electrons. The Hall–Kier alpha value is -2.50. The number of benzene rings is 1. The molecule has 0 aliphatic heterocycles. The van der Waals surface area contributed by atoms with E-state index in [1.54, 1.807) is 0 Å². The summed E-state index contributed by atoms with van der Waals surface area (Å²) < 4.78 is 5.03. The van der Waals surface area contributed by atoms with Gasteiger partial charge in [0.1, 0.15) is 12.0 Å². The van der Waals surface area contributed by atoms with Crippen molar-refractivity contribution in [3.8, 4) is 11.5 Å². The maximum absolute atomic E-state index is 10.4. The van der Waals surface area contributed by atoms with Crippen LogP contribution in [0.5, 0.6) is 0 Å². The molecule has 1 heterocycles. The maximum atomic E-state index is 10.4. The van der Waals surface area contributed by atoms with Crippen LogP contribution >= 0.6 is 0 Å². The Labute approximate surface area is 89.7 Å². The number of nitro benzene ring substituents is 1. The Balaban J connectivity index is 2.34. The smallest absolute Gasteiger partial charge is 0.269 e. The Kier molecular flexibility index (Phi) is 2.47. The molecule has 1 aromatic heterocycles. The molecule has 0 bridgehead atoms. The summed E-state index contributed by atoms with van der Waals surface area (Å²) in [6.45, 7) is 0. The highest BCUT2D eigenvalue weighted by Gasteiger charge is 2.09. The van der Waals surface area contributed by atoms with Gasteiger partial charge in [-0.05, 0) is 12.1 Å². The van der Waals surface area contributed by atoms with E-state index < -0.39 is 4.92 Å². The van der Waals surface area contributed by atoms with Gasteiger partial charge in [-0.15, -0.1) is 0 Å². The largest absolute Gasteiger partial charge is 0.444 e. The third-order valence-corrected chi connectivity index (χ3v) is 1.97. The molecule has 6 heteroatoms. The van der Waals surface area contributed by atoms with Crippen molar-refractivity contribution >= 4 is 12.0 Å². The van der Waals surface area contributed by atoms with Gasteiger partial charge in [0.15, 0.2) is 6.29 Å². The molecule has 0 saturated heterocycles. The third-order valence-electron chi connectivity index (χ3n) is 1.97. The minimum Gasteiger partial charge on any atom is -0.444 e. The molecular formula is C10H6N2O4. The Morgan fingerprint density at radius 2 is 2.00 bits per heavy atom. The van der Waals surface area contributed by atoms with E-state index in [1.165, 1.54) is 30.5 Å². The molecule has 0 N–H and O–H groups in total. The van der Waals surface area contributed by atoms with Crippen LogP contribution in [0.15, 0.2) is 34.9 Å². The lowest BCUT2D eigenvalue weighted by molar-refractivity contribution is -0.384. The molecule has 0 amide bonds. The summed E-state index contributed by atoms with van der Waals surface area (Å²) in [4.78, 5) is 24.2. The monoisotopic (exact) mass is 218 g/mol. The summed E-state index contributed by atoms with van der Waals surface area (Å²) in [5.41, 5.74) is 0.762. The van der Waals surface area contributed by atoms with Crippen molar-refractivity contribution in [1.29, 1.82) is 0 Å². The van der Waals surface area contributed by atoms with E-state index in [4.69, 9.17) is 4.42 Å². The van der Waals surface area contributed by atoms with Crippen LogP contribution in [0.3, 0.4) is 0 Å². The zero-order valence-corrected chi connectivity index (χ0v) is 7.99. The second kappa shape index (κ2) is 3.93. The summed E-state index contributed by atoms with van der Waals surface area (Å²) >= 11 is 0. The molecule has 2 rings (SSSR count). The fraction of sp³-hybridized carbons (Fsp3) is 0. The Bertz CT molecular complexity index is 530. The van der Waals surface area contributed by atoms with Gasteiger partial charge in [0.05, 0.1) is 4.92 Å². The number of rotatable bonds is 3. The van der Waals surface area contributed by atoms with Crippen molar-refractivity contribution in [2.75, 3.05) is 0 Å². The fourth-order valence-electron chi connectivity index (χ4n) is 1.20. The van der Waals surface area contributed by atoms with Gasteiger partial charge in [0.25, 0.3) is 5.69 Å². The summed E-state index contributed by atoms with van der Waals surface area (Å²) in [6.07, 6.45) is 1.79. The van der Waals surface area contributed by atoms with Crippen molar-refractivity contribution in [1.82, 2.24) is 4.98 Å². The first-order valence-corrected chi connectivity index (χ1v) is 4.36. The van der Waals surface area contributed by atoms with E-state index >= 15 is 0 Å². The van der Waals surface area contributed by atoms with Crippen molar-refractivity contribution in [3.05, 3.63) is 46.3 Å². The van der Waals surface area contributed by atoms with E-state index in [-0.39, 0.29) is 17.3 Å². The molecule has 0 aliphatic carbocycles. The minimum atomic E-state index is -0.490. The van der Waals surface area contributed by atoms with Gasteiger partial charge in [-0.25, -0.2) is 4.98 Å². The molecule has 0 atom stereocenters. The highest BCUT2D eigenvalue weighted by molar-refractivity contribution is 5.72. The second-order valence-electron chi connectivity index (χ2n) is 3.00. The molecule has 0 fully saturated rings. The van der Waals surface area contributed by atoms with E-state index in [9.17, 15) is 14.9 Å². The predicted molar refractivity (Wildman–Crippen MR) is 54.0 cm³/mol. The third kappa shape index (κ3) is 1.81. The first-order chi connectivity index (χ1) is 7.70. The molecule has 0 radical (unpaired) electrons. The van der Waals surface area contributed by atoms with Crippen molar-refractivity contribution in [2.24, 2.45) is 0 Å². The van der Waals surface area contributed by atoms with Crippen LogP contribution in [-0.4, -0.2) is 16.2 Å². The Morgan fingerprint density at radius 3 is 2.50 bits per heavy atom. The fourth-order valence-corrected chi connectivity index (χ4v) is 1.20. The van der Waals surface area contributed by atoms with Gasteiger partial charge < -0.3 is 4.42 Å². The number of carbonyl (C=O) groups is 1. The zero-order valence-electron chi connectivity index (χ0n) is 7.99. The van der Waals surface area contributed by atoms with Crippen LogP contribution in [0, 0.1) is 10.1 Å². The van der Waals surface area contributed by atoms with E-state index in [0.29, 0.717) is 11.8 Å². The topological polar surface area (TPSA) is 86.2 Å². The number of aromatic nitrogens is 1. The molecule has 0 saturated carbocycles. The molecule has 0 unspecified atom stereocenters. The first kappa shape index (κ1) is 10.0. The lowest BCUT2D eigenvalue weighted by atomic mass is 10.2. The van der Waals surface area contributed by atoms with Crippen LogP contribution in [-0.2, 0) is 0 Å². The average Bonchev–Trinajstić information content (AvgIpc) is 2.77. The quantitative estimate of drug-likeness (QED) is 0.447. The van der Waals surface area contributed by atoms with Gasteiger partial charge in [0.2, 0.25) is 5.89 Å². The predicted octanol–water partition coefficient (Wildman–Crippen LogP) is 2.06. The van der Waals surface area contributed by atoms with Crippen molar-refractivity contribution < 1.29 is 14.1 Å². The maximum Gasteiger partial charge on any atom is 0.269 e. The van der Waals surface area contributed by atoms with Crippen LogP contribution in [0.2, 0.25) is 0 Å². The summed E-state index contributed by atoms with van der Waals surface area (Å²) in [6, 6.07) is 5.72. The van der Waals surface area contributed by atoms with E-state index in [1.807, 2.05) is 0 Å². The Morgan fingerprint density at radius 1 is 1.31 bits per heavy atom. The number of aldehydes is 1. The standard InChI is InChI=1S/C10H6N2O4/c13-5-8-6-16-10(11-8)7-1-3-9(4-2-7)12(14)15/h1-6H. The molecule has 16 heavy (non-hydrogen) atoms. The number of nitrogens with zero attached hydrogens (tertiary/aromatic N) is 2. The highest BCUT2D eigenvalue weighted by Crippen LogP contribution is 2.21. The number of carbonyl (C=O) groups excluding carboxylic acids is 1. The molecule has 6 nitrogen and oxygen atoms in total. The molecule has 1 aromatic carbocycles. The van der Waals surface area contributed by atoms with Crippen molar-refractivity contribution in [3.63, 3.8) is 0 Å². The summed E-state index contributed by atoms with van der Waals surface area (Å²) in [5, 5.41) is 10.4. The van der Waals surface area contributed by atoms with Gasteiger partial charge >= 0.3 is 0 Å². The number of non-ortho nitro benzene ring substituents is 1. The average molecular weight is 218 g/mol. The number of hydrogen-bond acceptors (Lipinski definition) is 5. The van der Waals surface area contributed by atoms with Gasteiger partial charge in [-0.2, -0.15) is 0 Å². The lowest BCUT2D eigenvalue weighted by Crippen LogP contribution is -1.87. The van der Waals surface area contributed by atoms with E-state index in [2.05, 4.69) is 4.98 Å². The number of oxazole rings is 1. The normalized spacial score (nSPS) is 10.0. The summed E-state index contributed by atoms with van der Waals surface area (Å²) in [5.74, 6) is 0.261. The van der Waals surface area contributed by atoms with Crippen molar-refractivity contribution in [2.45, 2.75) is 0 Å². The SMILES string of the molecule is O=Cc1coc(-c2ccc([N+](=O)[O-])cc2)n1. The summed E-state index contributed by atoms with van der Waals surface area (Å²) in [7, 11) is 0. The van der Waals surface area contributed by atoms with Crippen LogP contribution in [0.4, 0.5) is 5.69 Å². The van der Waals surface area contributed by atoms with Gasteiger partial charge in [0, 0.05) is 17.7 Å².